The first kappa shape index (κ1) is 17.6. The first-order valence-electron chi connectivity index (χ1n) is 8.85. The van der Waals surface area contributed by atoms with Crippen molar-refractivity contribution in [3.8, 4) is 5.69 Å². The maximum atomic E-state index is 12.5. The minimum absolute atomic E-state index is 0.0823. The minimum Gasteiger partial charge on any atom is -0.379 e. The molecule has 0 radical (unpaired) electrons. The molecule has 6 heteroatoms. The Labute approximate surface area is 148 Å². The van der Waals surface area contributed by atoms with Gasteiger partial charge in [0.25, 0.3) is 5.91 Å². The molecule has 1 aliphatic heterocycles. The molecular formula is C19H26N4O2. The largest absolute Gasteiger partial charge is 0.379 e. The molecule has 0 aliphatic carbocycles. The number of para-hydroxylation sites is 1. The lowest BCUT2D eigenvalue weighted by Gasteiger charge is -2.36. The third kappa shape index (κ3) is 4.46. The summed E-state index contributed by atoms with van der Waals surface area (Å²) in [5.74, 6) is 0.381. The van der Waals surface area contributed by atoms with Crippen LogP contribution in [0.5, 0.6) is 0 Å². The van der Waals surface area contributed by atoms with Gasteiger partial charge in [-0.15, -0.1) is 0 Å². The average Bonchev–Trinajstić information content (AvgIpc) is 3.13. The van der Waals surface area contributed by atoms with Crippen LogP contribution in [0.3, 0.4) is 0 Å². The Morgan fingerprint density at radius 2 is 1.96 bits per heavy atom. The van der Waals surface area contributed by atoms with Gasteiger partial charge in [-0.05, 0) is 18.1 Å². The van der Waals surface area contributed by atoms with Crippen molar-refractivity contribution in [2.75, 3.05) is 32.8 Å². The number of carbonyl (C=O) groups is 1. The number of hydrogen-bond donors (Lipinski definition) is 1. The highest BCUT2D eigenvalue weighted by Crippen LogP contribution is 2.13. The van der Waals surface area contributed by atoms with E-state index in [1.807, 2.05) is 30.3 Å². The van der Waals surface area contributed by atoms with Crippen LogP contribution in [0.4, 0.5) is 0 Å². The number of amides is 1. The van der Waals surface area contributed by atoms with Crippen molar-refractivity contribution in [1.29, 1.82) is 0 Å². The first-order chi connectivity index (χ1) is 12.1. The lowest BCUT2D eigenvalue weighted by atomic mass is 10.0. The average molecular weight is 342 g/mol. The fourth-order valence-corrected chi connectivity index (χ4v) is 3.16. The van der Waals surface area contributed by atoms with Gasteiger partial charge in [0, 0.05) is 31.9 Å². The Kier molecular flexibility index (Phi) is 5.83. The van der Waals surface area contributed by atoms with E-state index in [9.17, 15) is 4.79 Å². The van der Waals surface area contributed by atoms with Crippen molar-refractivity contribution in [2.45, 2.75) is 19.9 Å². The smallest absolute Gasteiger partial charge is 0.254 e. The van der Waals surface area contributed by atoms with Crippen molar-refractivity contribution in [2.24, 2.45) is 5.92 Å². The van der Waals surface area contributed by atoms with Crippen LogP contribution in [0, 0.1) is 5.92 Å². The van der Waals surface area contributed by atoms with Crippen LogP contribution in [-0.2, 0) is 4.74 Å². The van der Waals surface area contributed by atoms with Crippen LogP contribution >= 0.6 is 0 Å². The number of morpholine rings is 1. The monoisotopic (exact) mass is 342 g/mol. The second kappa shape index (κ2) is 8.27. The van der Waals surface area contributed by atoms with Gasteiger partial charge in [0.2, 0.25) is 0 Å². The van der Waals surface area contributed by atoms with E-state index in [0.717, 1.165) is 32.0 Å². The maximum Gasteiger partial charge on any atom is 0.254 e. The van der Waals surface area contributed by atoms with Crippen LogP contribution in [0.25, 0.3) is 5.69 Å². The molecule has 1 aromatic carbocycles. The van der Waals surface area contributed by atoms with E-state index >= 15 is 0 Å². The van der Waals surface area contributed by atoms with Gasteiger partial charge in [-0.1, -0.05) is 32.0 Å². The van der Waals surface area contributed by atoms with Crippen molar-refractivity contribution < 1.29 is 9.53 Å². The first-order valence-corrected chi connectivity index (χ1v) is 8.85. The fraction of sp³-hybridized carbons (Fsp3) is 0.474. The molecule has 1 aromatic heterocycles. The number of carbonyl (C=O) groups excluding carboxylic acids is 1. The molecule has 1 aliphatic rings. The Hall–Kier alpha value is -2.18. The van der Waals surface area contributed by atoms with Crippen LogP contribution in [0.15, 0.2) is 42.7 Å². The van der Waals surface area contributed by atoms with E-state index in [2.05, 4.69) is 29.2 Å². The summed E-state index contributed by atoms with van der Waals surface area (Å²) in [6.45, 7) is 8.39. The number of ether oxygens (including phenoxy) is 1. The van der Waals surface area contributed by atoms with Crippen LogP contribution in [-0.4, -0.2) is 59.5 Å². The molecule has 6 nitrogen and oxygen atoms in total. The maximum absolute atomic E-state index is 12.5. The molecule has 1 N–H and O–H groups in total. The Bertz CT molecular complexity index is 678. The SMILES string of the molecule is CC(C)C(CNC(=O)c1cnn(-c2ccccc2)c1)N1CCOCC1. The molecule has 134 valence electrons. The molecule has 1 amide bonds. The van der Waals surface area contributed by atoms with E-state index in [1.54, 1.807) is 17.1 Å². The van der Waals surface area contributed by atoms with E-state index in [-0.39, 0.29) is 5.91 Å². The highest BCUT2D eigenvalue weighted by atomic mass is 16.5. The zero-order valence-corrected chi connectivity index (χ0v) is 14.9. The van der Waals surface area contributed by atoms with Crippen molar-refractivity contribution in [3.63, 3.8) is 0 Å². The van der Waals surface area contributed by atoms with Crippen molar-refractivity contribution >= 4 is 5.91 Å². The highest BCUT2D eigenvalue weighted by Gasteiger charge is 2.24. The molecule has 25 heavy (non-hydrogen) atoms. The topological polar surface area (TPSA) is 59.4 Å². The van der Waals surface area contributed by atoms with Gasteiger partial charge < -0.3 is 10.1 Å². The summed E-state index contributed by atoms with van der Waals surface area (Å²) in [5, 5.41) is 7.36. The summed E-state index contributed by atoms with van der Waals surface area (Å²) in [4.78, 5) is 14.9. The zero-order chi connectivity index (χ0) is 17.6. The van der Waals surface area contributed by atoms with E-state index < -0.39 is 0 Å². The summed E-state index contributed by atoms with van der Waals surface area (Å²) >= 11 is 0. The Balaban J connectivity index is 1.60. The molecule has 2 aromatic rings. The van der Waals surface area contributed by atoms with Gasteiger partial charge in [0.05, 0.1) is 30.7 Å². The van der Waals surface area contributed by atoms with E-state index in [0.29, 0.717) is 24.1 Å². The van der Waals surface area contributed by atoms with Gasteiger partial charge in [-0.3, -0.25) is 9.69 Å². The third-order valence-corrected chi connectivity index (χ3v) is 4.62. The quantitative estimate of drug-likeness (QED) is 0.872. The lowest BCUT2D eigenvalue weighted by molar-refractivity contribution is 0.00673. The molecule has 1 unspecified atom stereocenters. The lowest BCUT2D eigenvalue weighted by Crippen LogP contribution is -2.51. The molecule has 0 bridgehead atoms. The summed E-state index contributed by atoms with van der Waals surface area (Å²) in [5.41, 5.74) is 1.52. The number of nitrogens with zero attached hydrogens (tertiary/aromatic N) is 3. The molecule has 1 fully saturated rings. The molecule has 1 saturated heterocycles. The fourth-order valence-electron chi connectivity index (χ4n) is 3.16. The molecular weight excluding hydrogens is 316 g/mol. The van der Waals surface area contributed by atoms with Crippen LogP contribution < -0.4 is 5.32 Å². The van der Waals surface area contributed by atoms with Crippen LogP contribution in [0.2, 0.25) is 0 Å². The summed E-state index contributed by atoms with van der Waals surface area (Å²) in [6, 6.07) is 10.1. The van der Waals surface area contributed by atoms with Gasteiger partial charge >= 0.3 is 0 Å². The molecule has 3 rings (SSSR count). The number of nitrogens with one attached hydrogen (secondary N) is 1. The molecule has 0 saturated carbocycles. The van der Waals surface area contributed by atoms with Gasteiger partial charge in [-0.2, -0.15) is 5.10 Å². The summed E-state index contributed by atoms with van der Waals surface area (Å²) in [6.07, 6.45) is 3.38. The minimum atomic E-state index is -0.0823. The summed E-state index contributed by atoms with van der Waals surface area (Å²) < 4.78 is 7.15. The highest BCUT2D eigenvalue weighted by molar-refractivity contribution is 5.93. The second-order valence-corrected chi connectivity index (χ2v) is 6.68. The van der Waals surface area contributed by atoms with E-state index in [4.69, 9.17) is 4.74 Å². The van der Waals surface area contributed by atoms with E-state index in [1.165, 1.54) is 0 Å². The second-order valence-electron chi connectivity index (χ2n) is 6.68. The molecule has 1 atom stereocenters. The summed E-state index contributed by atoms with van der Waals surface area (Å²) in [7, 11) is 0. The Morgan fingerprint density at radius 1 is 1.24 bits per heavy atom. The Morgan fingerprint density at radius 3 is 2.64 bits per heavy atom. The van der Waals surface area contributed by atoms with Crippen molar-refractivity contribution in [3.05, 3.63) is 48.3 Å². The third-order valence-electron chi connectivity index (χ3n) is 4.62. The number of hydrogen-bond acceptors (Lipinski definition) is 4. The molecule has 0 spiro atoms. The van der Waals surface area contributed by atoms with Crippen molar-refractivity contribution in [1.82, 2.24) is 20.0 Å². The van der Waals surface area contributed by atoms with Gasteiger partial charge in [0.15, 0.2) is 0 Å². The van der Waals surface area contributed by atoms with Gasteiger partial charge in [-0.25, -0.2) is 4.68 Å². The molecule has 2 heterocycles. The van der Waals surface area contributed by atoms with Gasteiger partial charge in [0.1, 0.15) is 0 Å². The normalized spacial score (nSPS) is 16.8. The number of rotatable bonds is 6. The number of benzene rings is 1. The van der Waals surface area contributed by atoms with Crippen LogP contribution in [0.1, 0.15) is 24.2 Å². The predicted molar refractivity (Wildman–Crippen MR) is 96.9 cm³/mol. The number of aromatic nitrogens is 2. The standard InChI is InChI=1S/C19H26N4O2/c1-15(2)18(22-8-10-25-11-9-22)13-20-19(24)16-12-21-23(14-16)17-6-4-3-5-7-17/h3-7,12,14-15,18H,8-11,13H2,1-2H3,(H,20,24). The zero-order valence-electron chi connectivity index (χ0n) is 14.9. The predicted octanol–water partition coefficient (Wildman–Crippen LogP) is 1.96.